The number of likely N-dealkylation sites (N-methyl/N-ethyl adjacent to an activating group) is 1. The molecule has 4 aliphatic rings. The number of halogens is 1. The number of thioether (sulfide) groups is 1. The van der Waals surface area contributed by atoms with Crippen LogP contribution in [0.5, 0.6) is 0 Å². The molecule has 222 valence electrons. The smallest absolute Gasteiger partial charge is 0.350 e. The van der Waals surface area contributed by atoms with Crippen LogP contribution >= 0.6 is 34.7 Å². The standard InChI is InChI=1S/C29H36ClN9OS2/c1-3-36-6-8-37(9-7-36)13-18-14-41-26-22(25-23-21(15-42-25)35(2)28(31)33-23)20(30)10-19-24(26)39(18)29(40)34-27(19)38-11-16-4-5-17(12-38)32-16/h10,15-18,32H,3-9,11-14H2,1-2H3,(H2,31,33)/t16?,17?,18-/m0/s1. The molecular formula is C29H36ClN9OS2. The van der Waals surface area contributed by atoms with Crippen molar-refractivity contribution in [1.29, 1.82) is 0 Å². The summed E-state index contributed by atoms with van der Waals surface area (Å²) in [7, 11) is 1.93. The topological polar surface area (TPSA) is 100 Å². The lowest BCUT2D eigenvalue weighted by atomic mass is 10.1. The van der Waals surface area contributed by atoms with Crippen LogP contribution in [0.2, 0.25) is 5.02 Å². The summed E-state index contributed by atoms with van der Waals surface area (Å²) in [6.45, 7) is 10.0. The van der Waals surface area contributed by atoms with Crippen molar-refractivity contribution < 1.29 is 0 Å². The maximum atomic E-state index is 14.1. The van der Waals surface area contributed by atoms with Gasteiger partial charge in [-0.3, -0.25) is 9.47 Å². The van der Waals surface area contributed by atoms with E-state index in [-0.39, 0.29) is 11.7 Å². The van der Waals surface area contributed by atoms with E-state index in [2.05, 4.69) is 38.4 Å². The van der Waals surface area contributed by atoms with Crippen LogP contribution < -0.4 is 21.6 Å². The van der Waals surface area contributed by atoms with Gasteiger partial charge in [-0.25, -0.2) is 9.78 Å². The van der Waals surface area contributed by atoms with Crippen LogP contribution in [0.4, 0.5) is 11.8 Å². The van der Waals surface area contributed by atoms with Gasteiger partial charge in [-0.15, -0.1) is 23.1 Å². The van der Waals surface area contributed by atoms with Crippen molar-refractivity contribution in [2.24, 2.45) is 7.05 Å². The Kier molecular flexibility index (Phi) is 6.73. The average molecular weight is 626 g/mol. The van der Waals surface area contributed by atoms with Gasteiger partial charge in [-0.2, -0.15) is 4.98 Å². The fourth-order valence-corrected chi connectivity index (χ4v) is 10.3. The molecule has 4 aromatic rings. The molecule has 3 fully saturated rings. The van der Waals surface area contributed by atoms with Gasteiger partial charge in [0.25, 0.3) is 0 Å². The predicted molar refractivity (Wildman–Crippen MR) is 173 cm³/mol. The van der Waals surface area contributed by atoms with Gasteiger partial charge in [0.2, 0.25) is 5.95 Å². The van der Waals surface area contributed by atoms with Crippen molar-refractivity contribution in [2.75, 3.05) is 68.7 Å². The van der Waals surface area contributed by atoms with E-state index in [1.165, 1.54) is 0 Å². The van der Waals surface area contributed by atoms with Gasteiger partial charge in [0, 0.05) is 91.9 Å². The number of thiophene rings is 1. The largest absolute Gasteiger partial charge is 0.369 e. The molecule has 2 bridgehead atoms. The molecule has 0 radical (unpaired) electrons. The molecule has 13 heteroatoms. The van der Waals surface area contributed by atoms with Crippen molar-refractivity contribution in [2.45, 2.75) is 42.8 Å². The summed E-state index contributed by atoms with van der Waals surface area (Å²) in [4.78, 5) is 33.0. The third-order valence-corrected chi connectivity index (χ3v) is 12.2. The average Bonchev–Trinajstić information content (AvgIpc) is 3.64. The van der Waals surface area contributed by atoms with Crippen LogP contribution in [0.15, 0.2) is 21.1 Å². The fourth-order valence-electron chi connectivity index (χ4n) is 7.38. The molecule has 1 aromatic carbocycles. The van der Waals surface area contributed by atoms with Gasteiger partial charge in [0.1, 0.15) is 11.3 Å². The molecule has 3 N–H and O–H groups in total. The minimum atomic E-state index is -0.159. The molecule has 3 aromatic heterocycles. The zero-order valence-electron chi connectivity index (χ0n) is 24.0. The van der Waals surface area contributed by atoms with Crippen molar-refractivity contribution in [3.05, 3.63) is 27.0 Å². The van der Waals surface area contributed by atoms with E-state index in [1.807, 2.05) is 27.9 Å². The first kappa shape index (κ1) is 27.2. The summed E-state index contributed by atoms with van der Waals surface area (Å²) in [5, 5.41) is 7.44. The van der Waals surface area contributed by atoms with Crippen LogP contribution in [0.1, 0.15) is 25.8 Å². The lowest BCUT2D eigenvalue weighted by molar-refractivity contribution is 0.126. The number of hydrogen-bond donors (Lipinski definition) is 2. The summed E-state index contributed by atoms with van der Waals surface area (Å²) in [5.41, 5.74) is 9.81. The molecule has 3 saturated heterocycles. The number of benzene rings is 1. The van der Waals surface area contributed by atoms with Crippen LogP contribution in [0.3, 0.4) is 0 Å². The summed E-state index contributed by atoms with van der Waals surface area (Å²) in [5.74, 6) is 2.05. The molecule has 4 aliphatic heterocycles. The van der Waals surface area contributed by atoms with E-state index in [9.17, 15) is 4.79 Å². The Morgan fingerprint density at radius 1 is 1.12 bits per heavy atom. The highest BCUT2D eigenvalue weighted by molar-refractivity contribution is 7.99. The third-order valence-electron chi connectivity index (χ3n) is 9.68. The number of nitrogens with one attached hydrogen (secondary N) is 1. The number of anilines is 2. The number of aromatic nitrogens is 4. The minimum Gasteiger partial charge on any atom is -0.369 e. The number of hydrogen-bond acceptors (Lipinski definition) is 10. The molecule has 2 unspecified atom stereocenters. The molecule has 0 saturated carbocycles. The maximum Gasteiger partial charge on any atom is 0.350 e. The first-order chi connectivity index (χ1) is 20.4. The number of imidazole rings is 1. The lowest BCUT2D eigenvalue weighted by Gasteiger charge is -2.38. The van der Waals surface area contributed by atoms with Crippen molar-refractivity contribution >= 4 is 68.4 Å². The molecular weight excluding hydrogens is 590 g/mol. The van der Waals surface area contributed by atoms with E-state index < -0.39 is 0 Å². The van der Waals surface area contributed by atoms with E-state index in [4.69, 9.17) is 27.3 Å². The Balaban J connectivity index is 1.30. The molecule has 42 heavy (non-hydrogen) atoms. The molecule has 0 aliphatic carbocycles. The first-order valence-corrected chi connectivity index (χ1v) is 17.2. The summed E-state index contributed by atoms with van der Waals surface area (Å²) < 4.78 is 3.90. The fraction of sp³-hybridized carbons (Fsp3) is 0.552. The first-order valence-electron chi connectivity index (χ1n) is 15.0. The Morgan fingerprint density at radius 3 is 2.60 bits per heavy atom. The highest BCUT2D eigenvalue weighted by atomic mass is 35.5. The van der Waals surface area contributed by atoms with Crippen LogP contribution in [0.25, 0.3) is 32.4 Å². The lowest BCUT2D eigenvalue weighted by Crippen LogP contribution is -2.52. The van der Waals surface area contributed by atoms with Gasteiger partial charge < -0.3 is 25.4 Å². The number of aryl methyl sites for hydroxylation is 1. The molecule has 3 atom stereocenters. The Labute approximate surface area is 257 Å². The van der Waals surface area contributed by atoms with Gasteiger partial charge in [0.15, 0.2) is 0 Å². The van der Waals surface area contributed by atoms with Gasteiger partial charge >= 0.3 is 5.69 Å². The van der Waals surface area contributed by atoms with Gasteiger partial charge in [-0.1, -0.05) is 18.5 Å². The number of nitrogens with two attached hydrogens (primary N) is 1. The highest BCUT2D eigenvalue weighted by Crippen LogP contribution is 2.50. The van der Waals surface area contributed by atoms with Crippen LogP contribution in [0, 0.1) is 0 Å². The van der Waals surface area contributed by atoms with E-state index in [1.54, 1.807) is 11.3 Å². The summed E-state index contributed by atoms with van der Waals surface area (Å²) in [6, 6.07) is 2.96. The normalized spacial score (nSPS) is 24.8. The van der Waals surface area contributed by atoms with E-state index >= 15 is 0 Å². The second-order valence-electron chi connectivity index (χ2n) is 12.1. The van der Waals surface area contributed by atoms with E-state index in [0.29, 0.717) is 23.1 Å². The zero-order valence-corrected chi connectivity index (χ0v) is 26.4. The molecule has 8 rings (SSSR count). The molecule has 7 heterocycles. The van der Waals surface area contributed by atoms with E-state index in [0.717, 1.165) is 114 Å². The summed E-state index contributed by atoms with van der Waals surface area (Å²) >= 11 is 10.7. The van der Waals surface area contributed by atoms with Gasteiger partial charge in [-0.05, 0) is 25.5 Å². The molecule has 0 spiro atoms. The van der Waals surface area contributed by atoms with Crippen molar-refractivity contribution in [3.63, 3.8) is 0 Å². The number of nitrogens with zero attached hydrogens (tertiary/aromatic N) is 7. The minimum absolute atomic E-state index is 0.0364. The summed E-state index contributed by atoms with van der Waals surface area (Å²) in [6.07, 6.45) is 2.33. The zero-order chi connectivity index (χ0) is 28.7. The monoisotopic (exact) mass is 625 g/mol. The molecule has 0 amide bonds. The number of fused-ring (bicyclic) bond motifs is 3. The Morgan fingerprint density at radius 2 is 1.86 bits per heavy atom. The second-order valence-corrected chi connectivity index (χ2v) is 14.4. The Hall–Kier alpha value is -2.35. The van der Waals surface area contributed by atoms with Crippen molar-refractivity contribution in [3.8, 4) is 10.4 Å². The highest BCUT2D eigenvalue weighted by Gasteiger charge is 2.36. The number of piperazine rings is 2. The Bertz CT molecular complexity index is 1750. The number of nitrogen functional groups attached to an aromatic ring is 1. The van der Waals surface area contributed by atoms with Gasteiger partial charge in [0.05, 0.1) is 27.0 Å². The maximum absolute atomic E-state index is 14.1. The number of rotatable bonds is 5. The van der Waals surface area contributed by atoms with Crippen LogP contribution in [-0.4, -0.2) is 99.1 Å². The second kappa shape index (κ2) is 10.4. The van der Waals surface area contributed by atoms with Crippen LogP contribution in [-0.2, 0) is 7.05 Å². The third kappa shape index (κ3) is 4.28. The quantitative estimate of drug-likeness (QED) is 0.345. The molecule has 10 nitrogen and oxygen atoms in total. The predicted octanol–water partition coefficient (Wildman–Crippen LogP) is 3.47. The SMILES string of the molecule is CCN1CCN(C[C@H]2CSc3c(-c4scc5c4nc(N)n5C)c(Cl)cc4c(N5CC6CCC(C5)N6)nc(=O)n2c34)CC1. The van der Waals surface area contributed by atoms with Crippen molar-refractivity contribution in [1.82, 2.24) is 34.2 Å².